The van der Waals surface area contributed by atoms with Crippen LogP contribution in [0.15, 0.2) is 23.0 Å². The van der Waals surface area contributed by atoms with Gasteiger partial charge in [-0.1, -0.05) is 6.07 Å². The molecule has 0 saturated carbocycles. The van der Waals surface area contributed by atoms with Crippen molar-refractivity contribution < 1.29 is 8.42 Å². The number of hydrogen-bond acceptors (Lipinski definition) is 4. The molecule has 3 rings (SSSR count). The van der Waals surface area contributed by atoms with Crippen molar-refractivity contribution in [1.82, 2.24) is 9.97 Å². The molecule has 7 heteroatoms. The number of H-pyrrole nitrogens is 2. The average molecular weight is 281 g/mol. The third-order valence-corrected chi connectivity index (χ3v) is 5.49. The topological polar surface area (TPSA) is 109 Å². The van der Waals surface area contributed by atoms with Gasteiger partial charge in [0.05, 0.1) is 22.5 Å². The van der Waals surface area contributed by atoms with Crippen molar-refractivity contribution in [3.8, 4) is 0 Å². The predicted octanol–water partition coefficient (Wildman–Crippen LogP) is 0.291. The van der Waals surface area contributed by atoms with Gasteiger partial charge in [-0.25, -0.2) is 13.2 Å². The first-order chi connectivity index (χ1) is 8.94. The molecule has 4 N–H and O–H groups in total. The lowest BCUT2D eigenvalue weighted by Crippen LogP contribution is -2.22. The van der Waals surface area contributed by atoms with Gasteiger partial charge in [0.25, 0.3) is 0 Å². The molecule has 6 nitrogen and oxygen atoms in total. The number of sulfone groups is 1. The normalized spacial score (nSPS) is 23.7. The zero-order valence-electron chi connectivity index (χ0n) is 10.2. The van der Waals surface area contributed by atoms with E-state index < -0.39 is 9.84 Å². The van der Waals surface area contributed by atoms with Crippen LogP contribution in [0.2, 0.25) is 0 Å². The minimum absolute atomic E-state index is 0.0480. The monoisotopic (exact) mass is 281 g/mol. The van der Waals surface area contributed by atoms with E-state index in [2.05, 4.69) is 9.97 Å². The summed E-state index contributed by atoms with van der Waals surface area (Å²) in [6, 6.07) is 5.11. The Morgan fingerprint density at radius 3 is 2.68 bits per heavy atom. The van der Waals surface area contributed by atoms with Gasteiger partial charge in [0.2, 0.25) is 0 Å². The van der Waals surface area contributed by atoms with E-state index >= 15 is 0 Å². The van der Waals surface area contributed by atoms with Gasteiger partial charge >= 0.3 is 5.69 Å². The molecule has 1 aromatic heterocycles. The molecule has 1 aliphatic heterocycles. The van der Waals surface area contributed by atoms with Crippen LogP contribution in [0.3, 0.4) is 0 Å². The lowest BCUT2D eigenvalue weighted by Gasteiger charge is -2.18. The molecule has 19 heavy (non-hydrogen) atoms. The number of hydrogen-bond donors (Lipinski definition) is 3. The highest BCUT2D eigenvalue weighted by Gasteiger charge is 2.32. The molecule has 2 aromatic rings. The minimum Gasteiger partial charge on any atom is -0.324 e. The molecule has 1 aliphatic rings. The molecule has 1 saturated heterocycles. The smallest absolute Gasteiger partial charge is 0.323 e. The lowest BCUT2D eigenvalue weighted by molar-refractivity contribution is 0.480. The number of nitrogens with one attached hydrogen (secondary N) is 2. The number of rotatable bonds is 2. The maximum atomic E-state index is 11.5. The highest BCUT2D eigenvalue weighted by atomic mass is 32.2. The fraction of sp³-hybridized carbons (Fsp3) is 0.417. The van der Waals surface area contributed by atoms with E-state index in [9.17, 15) is 13.2 Å². The molecule has 0 amide bonds. The van der Waals surface area contributed by atoms with Gasteiger partial charge in [-0.2, -0.15) is 0 Å². The maximum absolute atomic E-state index is 11.5. The summed E-state index contributed by atoms with van der Waals surface area (Å²) in [6.45, 7) is 0. The van der Waals surface area contributed by atoms with E-state index in [4.69, 9.17) is 5.73 Å². The second-order valence-corrected chi connectivity index (χ2v) is 7.30. The van der Waals surface area contributed by atoms with E-state index in [1.54, 1.807) is 6.07 Å². The summed E-state index contributed by atoms with van der Waals surface area (Å²) in [5.74, 6) is 0.317. The minimum atomic E-state index is -2.93. The highest BCUT2D eigenvalue weighted by Crippen LogP contribution is 2.30. The van der Waals surface area contributed by atoms with Crippen LogP contribution < -0.4 is 11.4 Å². The number of nitrogens with two attached hydrogens (primary N) is 1. The molecule has 0 bridgehead atoms. The number of imidazole rings is 1. The fourth-order valence-electron chi connectivity index (χ4n) is 2.64. The van der Waals surface area contributed by atoms with E-state index in [1.165, 1.54) is 0 Å². The molecule has 2 heterocycles. The van der Waals surface area contributed by atoms with Gasteiger partial charge in [0, 0.05) is 6.04 Å². The largest absolute Gasteiger partial charge is 0.324 e. The molecule has 2 unspecified atom stereocenters. The molecule has 1 fully saturated rings. The Labute approximate surface area is 109 Å². The molecule has 1 aromatic carbocycles. The molecule has 2 atom stereocenters. The Morgan fingerprint density at radius 1 is 1.26 bits per heavy atom. The average Bonchev–Trinajstić information content (AvgIpc) is 2.88. The van der Waals surface area contributed by atoms with Crippen LogP contribution >= 0.6 is 0 Å². The molecular weight excluding hydrogens is 266 g/mol. The van der Waals surface area contributed by atoms with Crippen LogP contribution in [0, 0.1) is 5.92 Å². The zero-order valence-corrected chi connectivity index (χ0v) is 11.0. The van der Waals surface area contributed by atoms with Crippen LogP contribution in [0.25, 0.3) is 11.0 Å². The standard InChI is InChI=1S/C12H15N3O3S/c13-11(8-3-4-19(17,18)6-8)7-1-2-9-10(5-7)15-12(16)14-9/h1-2,5,8,11H,3-4,6,13H2,(H2,14,15,16). The van der Waals surface area contributed by atoms with E-state index in [0.29, 0.717) is 11.9 Å². The second kappa shape index (κ2) is 4.21. The molecule has 0 spiro atoms. The summed E-state index contributed by atoms with van der Waals surface area (Å²) in [6.07, 6.45) is 0.602. The first-order valence-electron chi connectivity index (χ1n) is 6.12. The summed E-state index contributed by atoms with van der Waals surface area (Å²) in [7, 11) is -2.93. The van der Waals surface area contributed by atoms with Gasteiger partial charge in [-0.3, -0.25) is 0 Å². The van der Waals surface area contributed by atoms with Crippen molar-refractivity contribution in [2.75, 3.05) is 11.5 Å². The predicted molar refractivity (Wildman–Crippen MR) is 72.6 cm³/mol. The van der Waals surface area contributed by atoms with Crippen LogP contribution in [0.5, 0.6) is 0 Å². The zero-order chi connectivity index (χ0) is 13.6. The van der Waals surface area contributed by atoms with Gasteiger partial charge in [0.1, 0.15) is 0 Å². The van der Waals surface area contributed by atoms with Crippen LogP contribution in [-0.4, -0.2) is 29.9 Å². The Balaban J connectivity index is 1.93. The third-order valence-electron chi connectivity index (χ3n) is 3.70. The molecule has 102 valence electrons. The van der Waals surface area contributed by atoms with Gasteiger partial charge < -0.3 is 15.7 Å². The van der Waals surface area contributed by atoms with Crippen molar-refractivity contribution in [1.29, 1.82) is 0 Å². The lowest BCUT2D eigenvalue weighted by atomic mass is 9.93. The summed E-state index contributed by atoms with van der Waals surface area (Å²) in [5.41, 5.74) is 8.16. The first kappa shape index (κ1) is 12.4. The molecule has 0 aliphatic carbocycles. The van der Waals surface area contributed by atoms with Gasteiger partial charge in [-0.15, -0.1) is 0 Å². The first-order valence-corrected chi connectivity index (χ1v) is 7.95. The van der Waals surface area contributed by atoms with Crippen molar-refractivity contribution in [2.24, 2.45) is 11.7 Å². The van der Waals surface area contributed by atoms with Crippen LogP contribution in [0.1, 0.15) is 18.0 Å². The van der Waals surface area contributed by atoms with Crippen molar-refractivity contribution in [3.63, 3.8) is 0 Å². The van der Waals surface area contributed by atoms with Crippen molar-refractivity contribution in [3.05, 3.63) is 34.2 Å². The number of fused-ring (bicyclic) bond motifs is 1. The maximum Gasteiger partial charge on any atom is 0.323 e. The summed E-state index contributed by atoms with van der Waals surface area (Å²) < 4.78 is 23.0. The second-order valence-electron chi connectivity index (χ2n) is 5.07. The quantitative estimate of drug-likeness (QED) is 0.735. The third kappa shape index (κ3) is 2.31. The van der Waals surface area contributed by atoms with E-state index in [0.717, 1.165) is 11.1 Å². The SMILES string of the molecule is NC(c1ccc2[nH]c(=O)[nH]c2c1)C1CCS(=O)(=O)C1. The highest BCUT2D eigenvalue weighted by molar-refractivity contribution is 7.91. The van der Waals surface area contributed by atoms with Crippen molar-refractivity contribution >= 4 is 20.9 Å². The Morgan fingerprint density at radius 2 is 2.00 bits per heavy atom. The number of aromatic nitrogens is 2. The van der Waals surface area contributed by atoms with E-state index in [1.807, 2.05) is 12.1 Å². The van der Waals surface area contributed by atoms with Crippen molar-refractivity contribution in [2.45, 2.75) is 12.5 Å². The van der Waals surface area contributed by atoms with Gasteiger partial charge in [0.15, 0.2) is 9.84 Å². The number of benzene rings is 1. The Bertz CT molecular complexity index is 775. The van der Waals surface area contributed by atoms with Gasteiger partial charge in [-0.05, 0) is 30.0 Å². The fourth-order valence-corrected chi connectivity index (χ4v) is 4.49. The Kier molecular flexibility index (Phi) is 2.75. The number of aromatic amines is 2. The summed E-state index contributed by atoms with van der Waals surface area (Å²) in [5, 5.41) is 0. The summed E-state index contributed by atoms with van der Waals surface area (Å²) >= 11 is 0. The summed E-state index contributed by atoms with van der Waals surface area (Å²) in [4.78, 5) is 16.5. The molecule has 0 radical (unpaired) electrons. The molecular formula is C12H15N3O3S. The van der Waals surface area contributed by atoms with E-state index in [-0.39, 0.29) is 29.2 Å². The Hall–Kier alpha value is -1.60. The van der Waals surface area contributed by atoms with Crippen LogP contribution in [0.4, 0.5) is 0 Å². The van der Waals surface area contributed by atoms with Crippen LogP contribution in [-0.2, 0) is 9.84 Å².